The Morgan fingerprint density at radius 3 is 2.64 bits per heavy atom. The number of aromatic nitrogens is 2. The predicted octanol–water partition coefficient (Wildman–Crippen LogP) is 3.39. The average Bonchev–Trinajstić information content (AvgIpc) is 2.69. The van der Waals surface area contributed by atoms with Crippen LogP contribution in [-0.2, 0) is 0 Å². The van der Waals surface area contributed by atoms with Crippen molar-refractivity contribution >= 4 is 17.7 Å². The Labute approximate surface area is 165 Å². The van der Waals surface area contributed by atoms with E-state index < -0.39 is 0 Å². The number of hydrogen-bond donors (Lipinski definition) is 2. The van der Waals surface area contributed by atoms with Crippen LogP contribution in [0.4, 0.5) is 16.2 Å². The van der Waals surface area contributed by atoms with Crippen LogP contribution in [-0.4, -0.2) is 42.6 Å². The molecular weight excluding hydrogens is 357 g/mol. The van der Waals surface area contributed by atoms with Gasteiger partial charge in [0.25, 0.3) is 5.91 Å². The van der Waals surface area contributed by atoms with Gasteiger partial charge >= 0.3 is 0 Å². The fourth-order valence-electron chi connectivity index (χ4n) is 3.43. The second-order valence-electron chi connectivity index (χ2n) is 7.67. The van der Waals surface area contributed by atoms with Crippen molar-refractivity contribution in [3.05, 3.63) is 47.4 Å². The van der Waals surface area contributed by atoms with Gasteiger partial charge in [-0.15, -0.1) is 0 Å². The molecule has 6 nitrogen and oxygen atoms in total. The number of halogens is 1. The third-order valence-electron chi connectivity index (χ3n) is 5.26. The van der Waals surface area contributed by atoms with Crippen LogP contribution >= 0.6 is 0 Å². The van der Waals surface area contributed by atoms with E-state index in [-0.39, 0.29) is 11.7 Å². The topological polar surface area (TPSA) is 70.2 Å². The van der Waals surface area contributed by atoms with Gasteiger partial charge in [-0.3, -0.25) is 4.79 Å². The van der Waals surface area contributed by atoms with Gasteiger partial charge in [0.05, 0.1) is 0 Å². The number of aryl methyl sites for hydroxylation is 1. The van der Waals surface area contributed by atoms with E-state index in [1.807, 2.05) is 25.1 Å². The summed E-state index contributed by atoms with van der Waals surface area (Å²) in [7, 11) is 3.91. The summed E-state index contributed by atoms with van der Waals surface area (Å²) in [6, 6.07) is 6.82. The molecule has 1 fully saturated rings. The van der Waals surface area contributed by atoms with Crippen molar-refractivity contribution in [1.82, 2.24) is 15.3 Å². The first-order valence-corrected chi connectivity index (χ1v) is 9.73. The standard InChI is InChI=1S/C21H28FN5O/c1-14-4-7-16(12-18(14)22)20(28)24-13-15-5-8-17(9-6-15)25-21-23-11-10-19(26-21)27(2)3/h4,7,10-12,15,17H,5-6,8-9,13H2,1-3H3,(H,24,28)(H,23,25,26). The molecule has 0 spiro atoms. The molecule has 2 aromatic rings. The number of carbonyl (C=O) groups is 1. The maximum absolute atomic E-state index is 13.6. The molecule has 0 saturated heterocycles. The molecule has 0 aliphatic heterocycles. The van der Waals surface area contributed by atoms with Gasteiger partial charge in [-0.2, -0.15) is 4.98 Å². The fourth-order valence-corrected chi connectivity index (χ4v) is 3.43. The Hall–Kier alpha value is -2.70. The molecule has 1 amide bonds. The van der Waals surface area contributed by atoms with E-state index in [1.54, 1.807) is 25.3 Å². The first kappa shape index (κ1) is 20.0. The summed E-state index contributed by atoms with van der Waals surface area (Å²) in [5, 5.41) is 6.36. The van der Waals surface area contributed by atoms with Crippen molar-refractivity contribution in [3.8, 4) is 0 Å². The number of nitrogens with zero attached hydrogens (tertiary/aromatic N) is 3. The van der Waals surface area contributed by atoms with E-state index in [1.165, 1.54) is 6.07 Å². The molecule has 0 radical (unpaired) electrons. The zero-order valence-electron chi connectivity index (χ0n) is 16.7. The molecule has 1 heterocycles. The lowest BCUT2D eigenvalue weighted by Crippen LogP contribution is -2.34. The highest BCUT2D eigenvalue weighted by Gasteiger charge is 2.22. The van der Waals surface area contributed by atoms with E-state index in [0.29, 0.717) is 35.6 Å². The Morgan fingerprint density at radius 2 is 1.96 bits per heavy atom. The molecule has 1 aliphatic carbocycles. The van der Waals surface area contributed by atoms with Crippen LogP contribution in [0.5, 0.6) is 0 Å². The number of carbonyl (C=O) groups excluding carboxylic acids is 1. The molecule has 2 N–H and O–H groups in total. The van der Waals surface area contributed by atoms with Crippen LogP contribution in [0.3, 0.4) is 0 Å². The lowest BCUT2D eigenvalue weighted by Gasteiger charge is -2.29. The minimum absolute atomic E-state index is 0.215. The Balaban J connectivity index is 1.44. The van der Waals surface area contributed by atoms with Gasteiger partial charge in [-0.1, -0.05) is 6.07 Å². The number of amides is 1. The normalized spacial score (nSPS) is 19.1. The van der Waals surface area contributed by atoms with Crippen molar-refractivity contribution in [2.75, 3.05) is 30.9 Å². The van der Waals surface area contributed by atoms with Crippen molar-refractivity contribution in [2.24, 2.45) is 5.92 Å². The smallest absolute Gasteiger partial charge is 0.251 e. The maximum Gasteiger partial charge on any atom is 0.251 e. The molecular formula is C21H28FN5O. The molecule has 1 aromatic carbocycles. The predicted molar refractivity (Wildman–Crippen MR) is 109 cm³/mol. The van der Waals surface area contributed by atoms with Crippen LogP contribution < -0.4 is 15.5 Å². The zero-order valence-corrected chi connectivity index (χ0v) is 16.7. The largest absolute Gasteiger partial charge is 0.363 e. The highest BCUT2D eigenvalue weighted by molar-refractivity contribution is 5.94. The Kier molecular flexibility index (Phi) is 6.44. The highest BCUT2D eigenvalue weighted by atomic mass is 19.1. The molecule has 1 aliphatic rings. The SMILES string of the molecule is Cc1ccc(C(=O)NCC2CCC(Nc3nccc(N(C)C)n3)CC2)cc1F. The lowest BCUT2D eigenvalue weighted by molar-refractivity contribution is 0.0943. The number of hydrogen-bond acceptors (Lipinski definition) is 5. The number of rotatable bonds is 6. The third kappa shape index (κ3) is 5.18. The third-order valence-corrected chi connectivity index (χ3v) is 5.26. The zero-order chi connectivity index (χ0) is 20.1. The summed E-state index contributed by atoms with van der Waals surface area (Å²) >= 11 is 0. The van der Waals surface area contributed by atoms with Gasteiger partial charge in [0.15, 0.2) is 0 Å². The van der Waals surface area contributed by atoms with E-state index in [9.17, 15) is 9.18 Å². The van der Waals surface area contributed by atoms with Gasteiger partial charge in [-0.25, -0.2) is 9.37 Å². The van der Waals surface area contributed by atoms with Gasteiger partial charge in [0.1, 0.15) is 11.6 Å². The van der Waals surface area contributed by atoms with Crippen LogP contribution in [0.2, 0.25) is 0 Å². The van der Waals surface area contributed by atoms with Crippen molar-refractivity contribution in [2.45, 2.75) is 38.6 Å². The highest BCUT2D eigenvalue weighted by Crippen LogP contribution is 2.26. The molecule has 7 heteroatoms. The fraction of sp³-hybridized carbons (Fsp3) is 0.476. The van der Waals surface area contributed by atoms with Gasteiger partial charge in [0, 0.05) is 38.4 Å². The number of benzene rings is 1. The van der Waals surface area contributed by atoms with Crippen LogP contribution in [0.25, 0.3) is 0 Å². The molecule has 1 saturated carbocycles. The molecule has 0 atom stereocenters. The van der Waals surface area contributed by atoms with Crippen LogP contribution in [0.15, 0.2) is 30.5 Å². The minimum atomic E-state index is -0.347. The quantitative estimate of drug-likeness (QED) is 0.798. The lowest BCUT2D eigenvalue weighted by atomic mass is 9.86. The molecule has 150 valence electrons. The van der Waals surface area contributed by atoms with Gasteiger partial charge in [0.2, 0.25) is 5.95 Å². The summed E-state index contributed by atoms with van der Waals surface area (Å²) in [6.45, 7) is 2.30. The molecule has 1 aromatic heterocycles. The molecule has 0 bridgehead atoms. The van der Waals surface area contributed by atoms with Crippen molar-refractivity contribution in [1.29, 1.82) is 0 Å². The van der Waals surface area contributed by atoms with Crippen LogP contribution in [0, 0.1) is 18.7 Å². The van der Waals surface area contributed by atoms with Crippen LogP contribution in [0.1, 0.15) is 41.6 Å². The van der Waals surface area contributed by atoms with Gasteiger partial charge < -0.3 is 15.5 Å². The second-order valence-corrected chi connectivity index (χ2v) is 7.67. The minimum Gasteiger partial charge on any atom is -0.363 e. The van der Waals surface area contributed by atoms with Crippen molar-refractivity contribution < 1.29 is 9.18 Å². The molecule has 28 heavy (non-hydrogen) atoms. The first-order valence-electron chi connectivity index (χ1n) is 9.73. The average molecular weight is 385 g/mol. The summed E-state index contributed by atoms with van der Waals surface area (Å²) in [5.74, 6) is 1.41. The Morgan fingerprint density at radius 1 is 1.21 bits per heavy atom. The monoisotopic (exact) mass is 385 g/mol. The molecule has 0 unspecified atom stereocenters. The van der Waals surface area contributed by atoms with E-state index >= 15 is 0 Å². The Bertz CT molecular complexity index is 818. The van der Waals surface area contributed by atoms with E-state index in [0.717, 1.165) is 31.5 Å². The number of anilines is 2. The maximum atomic E-state index is 13.6. The van der Waals surface area contributed by atoms with Gasteiger partial charge in [-0.05, 0) is 62.3 Å². The molecule has 3 rings (SSSR count). The summed E-state index contributed by atoms with van der Waals surface area (Å²) in [5.41, 5.74) is 0.916. The van der Waals surface area contributed by atoms with E-state index in [2.05, 4.69) is 20.6 Å². The summed E-state index contributed by atoms with van der Waals surface area (Å²) in [4.78, 5) is 23.0. The van der Waals surface area contributed by atoms with E-state index in [4.69, 9.17) is 0 Å². The summed E-state index contributed by atoms with van der Waals surface area (Å²) in [6.07, 6.45) is 5.82. The van der Waals surface area contributed by atoms with Crippen molar-refractivity contribution in [3.63, 3.8) is 0 Å². The second kappa shape index (κ2) is 8.99. The first-order chi connectivity index (χ1) is 13.4. The number of nitrogens with one attached hydrogen (secondary N) is 2. The summed E-state index contributed by atoms with van der Waals surface area (Å²) < 4.78 is 13.6.